The van der Waals surface area contributed by atoms with E-state index in [1.54, 1.807) is 6.20 Å². The number of likely N-dealkylation sites (tertiary alicyclic amines) is 1. The highest BCUT2D eigenvalue weighted by atomic mass is 16.5. The Morgan fingerprint density at radius 2 is 2.00 bits per heavy atom. The van der Waals surface area contributed by atoms with Crippen molar-refractivity contribution in [2.45, 2.75) is 45.8 Å². The Labute approximate surface area is 205 Å². The SMILES string of the molecule is C=CC(=O)N1CCCC[C@H]1c1nc(-c2ccc(COc3cccc(C)c3)cc2)c2c(C)nccn12. The third kappa shape index (κ3) is 4.56. The fourth-order valence-corrected chi connectivity index (χ4v) is 4.87. The molecule has 0 saturated carbocycles. The molecule has 178 valence electrons. The second-order valence-corrected chi connectivity index (χ2v) is 9.10. The first-order valence-corrected chi connectivity index (χ1v) is 12.1. The zero-order chi connectivity index (χ0) is 24.4. The van der Waals surface area contributed by atoms with Gasteiger partial charge in [0.05, 0.1) is 22.9 Å². The molecule has 1 fully saturated rings. The lowest BCUT2D eigenvalue weighted by Gasteiger charge is -2.34. The zero-order valence-corrected chi connectivity index (χ0v) is 20.3. The smallest absolute Gasteiger partial charge is 0.246 e. The van der Waals surface area contributed by atoms with Crippen LogP contribution < -0.4 is 4.74 Å². The van der Waals surface area contributed by atoms with E-state index in [1.807, 2.05) is 36.2 Å². The number of fused-ring (bicyclic) bond motifs is 1. The number of aryl methyl sites for hydroxylation is 2. The number of amides is 1. The van der Waals surface area contributed by atoms with Crippen LogP contribution in [0.5, 0.6) is 5.75 Å². The van der Waals surface area contributed by atoms with E-state index in [4.69, 9.17) is 9.72 Å². The van der Waals surface area contributed by atoms with E-state index in [-0.39, 0.29) is 11.9 Å². The lowest BCUT2D eigenvalue weighted by Crippen LogP contribution is -2.38. The number of aromatic nitrogens is 3. The van der Waals surface area contributed by atoms with E-state index in [0.29, 0.717) is 6.61 Å². The van der Waals surface area contributed by atoms with Crippen molar-refractivity contribution in [3.8, 4) is 17.0 Å². The Kier molecular flexibility index (Phi) is 6.36. The number of carbonyl (C=O) groups is 1. The Hall–Kier alpha value is -3.93. The molecule has 35 heavy (non-hydrogen) atoms. The van der Waals surface area contributed by atoms with Crippen molar-refractivity contribution in [1.29, 1.82) is 0 Å². The first kappa shape index (κ1) is 22.8. The predicted molar refractivity (Wildman–Crippen MR) is 137 cm³/mol. The highest BCUT2D eigenvalue weighted by Gasteiger charge is 2.31. The highest BCUT2D eigenvalue weighted by Crippen LogP contribution is 2.35. The summed E-state index contributed by atoms with van der Waals surface area (Å²) in [6.07, 6.45) is 8.09. The van der Waals surface area contributed by atoms with E-state index in [0.717, 1.165) is 65.4 Å². The van der Waals surface area contributed by atoms with Gasteiger partial charge < -0.3 is 9.64 Å². The van der Waals surface area contributed by atoms with Gasteiger partial charge in [0, 0.05) is 24.5 Å². The van der Waals surface area contributed by atoms with Crippen molar-refractivity contribution in [2.75, 3.05) is 6.54 Å². The molecule has 0 N–H and O–H groups in total. The summed E-state index contributed by atoms with van der Waals surface area (Å²) in [7, 11) is 0. The lowest BCUT2D eigenvalue weighted by atomic mass is 10.0. The molecule has 0 bridgehead atoms. The van der Waals surface area contributed by atoms with Crippen molar-refractivity contribution < 1.29 is 9.53 Å². The van der Waals surface area contributed by atoms with Crippen LogP contribution in [-0.2, 0) is 11.4 Å². The second-order valence-electron chi connectivity index (χ2n) is 9.10. The van der Waals surface area contributed by atoms with Gasteiger partial charge >= 0.3 is 0 Å². The Bertz CT molecular complexity index is 1370. The molecular formula is C29H30N4O2. The van der Waals surface area contributed by atoms with Gasteiger partial charge in [-0.2, -0.15) is 0 Å². The van der Waals surface area contributed by atoms with E-state index in [1.165, 1.54) is 11.6 Å². The third-order valence-electron chi connectivity index (χ3n) is 6.65. The minimum Gasteiger partial charge on any atom is -0.489 e. The Morgan fingerprint density at radius 3 is 2.77 bits per heavy atom. The van der Waals surface area contributed by atoms with Crippen LogP contribution in [0.15, 0.2) is 73.6 Å². The number of hydrogen-bond donors (Lipinski definition) is 0. The molecule has 0 spiro atoms. The molecule has 6 nitrogen and oxygen atoms in total. The quantitative estimate of drug-likeness (QED) is 0.335. The largest absolute Gasteiger partial charge is 0.489 e. The molecule has 1 aliphatic rings. The molecule has 0 aliphatic carbocycles. The van der Waals surface area contributed by atoms with Gasteiger partial charge in [0.2, 0.25) is 5.91 Å². The average Bonchev–Trinajstić information content (AvgIpc) is 3.28. The normalized spacial score (nSPS) is 15.8. The van der Waals surface area contributed by atoms with Crippen molar-refractivity contribution in [1.82, 2.24) is 19.3 Å². The number of nitrogens with zero attached hydrogens (tertiary/aromatic N) is 4. The first-order valence-electron chi connectivity index (χ1n) is 12.1. The molecule has 1 amide bonds. The minimum atomic E-state index is -0.0840. The van der Waals surface area contributed by atoms with Gasteiger partial charge in [0.1, 0.15) is 18.2 Å². The maximum absolute atomic E-state index is 12.6. The Balaban J connectivity index is 1.47. The number of carbonyl (C=O) groups excluding carboxylic acids is 1. The van der Waals surface area contributed by atoms with E-state index in [9.17, 15) is 4.79 Å². The zero-order valence-electron chi connectivity index (χ0n) is 20.3. The van der Waals surface area contributed by atoms with Crippen molar-refractivity contribution in [3.63, 3.8) is 0 Å². The average molecular weight is 467 g/mol. The number of piperidine rings is 1. The van der Waals surface area contributed by atoms with Crippen molar-refractivity contribution in [2.24, 2.45) is 0 Å². The molecule has 2 aromatic heterocycles. The van der Waals surface area contributed by atoms with Gasteiger partial charge in [-0.25, -0.2) is 4.98 Å². The number of ether oxygens (including phenoxy) is 1. The molecule has 4 aromatic rings. The molecule has 0 unspecified atom stereocenters. The lowest BCUT2D eigenvalue weighted by molar-refractivity contribution is -0.129. The minimum absolute atomic E-state index is 0.0447. The summed E-state index contributed by atoms with van der Waals surface area (Å²) in [4.78, 5) is 24.1. The van der Waals surface area contributed by atoms with Crippen LogP contribution in [-0.4, -0.2) is 31.7 Å². The second kappa shape index (κ2) is 9.74. The van der Waals surface area contributed by atoms with Crippen molar-refractivity contribution >= 4 is 11.4 Å². The van der Waals surface area contributed by atoms with Crippen LogP contribution in [0.3, 0.4) is 0 Å². The van der Waals surface area contributed by atoms with Gasteiger partial charge in [-0.3, -0.25) is 14.2 Å². The van der Waals surface area contributed by atoms with Gasteiger partial charge in [0.15, 0.2) is 0 Å². The first-order chi connectivity index (χ1) is 17.0. The monoisotopic (exact) mass is 466 g/mol. The fourth-order valence-electron chi connectivity index (χ4n) is 4.87. The van der Waals surface area contributed by atoms with Crippen LogP contribution >= 0.6 is 0 Å². The molecule has 6 heteroatoms. The van der Waals surface area contributed by atoms with Crippen LogP contribution in [0.2, 0.25) is 0 Å². The number of imidazole rings is 1. The highest BCUT2D eigenvalue weighted by molar-refractivity contribution is 5.87. The third-order valence-corrected chi connectivity index (χ3v) is 6.65. The molecule has 2 aromatic carbocycles. The van der Waals surface area contributed by atoms with Crippen LogP contribution in [0.4, 0.5) is 0 Å². The molecule has 1 saturated heterocycles. The summed E-state index contributed by atoms with van der Waals surface area (Å²) in [5.41, 5.74) is 6.04. The van der Waals surface area contributed by atoms with E-state index >= 15 is 0 Å². The maximum Gasteiger partial charge on any atom is 0.246 e. The number of benzene rings is 2. The van der Waals surface area contributed by atoms with Gasteiger partial charge in [-0.15, -0.1) is 0 Å². The topological polar surface area (TPSA) is 59.7 Å². The van der Waals surface area contributed by atoms with Crippen LogP contribution in [0.1, 0.15) is 47.9 Å². The number of hydrogen-bond acceptors (Lipinski definition) is 4. The summed E-state index contributed by atoms with van der Waals surface area (Å²) >= 11 is 0. The van der Waals surface area contributed by atoms with Crippen molar-refractivity contribution in [3.05, 3.63) is 96.2 Å². The van der Waals surface area contributed by atoms with Gasteiger partial charge in [-0.1, -0.05) is 43.0 Å². The molecule has 0 radical (unpaired) electrons. The van der Waals surface area contributed by atoms with E-state index < -0.39 is 0 Å². The molecule has 3 heterocycles. The summed E-state index contributed by atoms with van der Waals surface area (Å²) in [6.45, 7) is 8.98. The van der Waals surface area contributed by atoms with Crippen LogP contribution in [0.25, 0.3) is 16.8 Å². The molecule has 1 atom stereocenters. The summed E-state index contributed by atoms with van der Waals surface area (Å²) in [5, 5.41) is 0. The predicted octanol–water partition coefficient (Wildman–Crippen LogP) is 5.83. The summed E-state index contributed by atoms with van der Waals surface area (Å²) < 4.78 is 8.06. The van der Waals surface area contributed by atoms with Gasteiger partial charge in [-0.05, 0) is 62.4 Å². The fraction of sp³-hybridized carbons (Fsp3) is 0.276. The van der Waals surface area contributed by atoms with Crippen LogP contribution in [0, 0.1) is 13.8 Å². The summed E-state index contributed by atoms with van der Waals surface area (Å²) in [5.74, 6) is 1.70. The molecule has 5 rings (SSSR count). The molecular weight excluding hydrogens is 436 g/mol. The molecule has 1 aliphatic heterocycles. The summed E-state index contributed by atoms with van der Waals surface area (Å²) in [6, 6.07) is 16.3. The standard InChI is InChI=1S/C29H30N4O2/c1-4-26(34)32-16-6-5-10-25(32)29-31-27(28-21(3)30-15-17-33(28)29)23-13-11-22(12-14-23)19-35-24-9-7-8-20(2)18-24/h4,7-9,11-15,17-18,25H,1,5-6,10,16,19H2,2-3H3/t25-/m0/s1. The Morgan fingerprint density at radius 1 is 1.17 bits per heavy atom. The maximum atomic E-state index is 12.6. The van der Waals surface area contributed by atoms with E-state index in [2.05, 4.69) is 53.2 Å². The van der Waals surface area contributed by atoms with Gasteiger partial charge in [0.25, 0.3) is 0 Å². The number of rotatable bonds is 6.